The van der Waals surface area contributed by atoms with Crippen molar-refractivity contribution in [1.29, 1.82) is 0 Å². The average Bonchev–Trinajstić information content (AvgIpc) is 2.36. The second-order valence-corrected chi connectivity index (χ2v) is 6.61. The molecule has 17 heavy (non-hydrogen) atoms. The van der Waals surface area contributed by atoms with Crippen LogP contribution in [0.15, 0.2) is 12.1 Å². The molecule has 0 radical (unpaired) electrons. The molecule has 1 fully saturated rings. The quantitative estimate of drug-likeness (QED) is 0.898. The highest BCUT2D eigenvalue weighted by Gasteiger charge is 2.26. The highest BCUT2D eigenvalue weighted by Crippen LogP contribution is 2.33. The summed E-state index contributed by atoms with van der Waals surface area (Å²) in [5.74, 6) is 1.48. The number of rotatable bonds is 2. The van der Waals surface area contributed by atoms with Crippen molar-refractivity contribution in [3.8, 4) is 0 Å². The third-order valence-electron chi connectivity index (χ3n) is 2.91. The summed E-state index contributed by atoms with van der Waals surface area (Å²) < 4.78 is 27.3. The van der Waals surface area contributed by atoms with Crippen LogP contribution in [0.25, 0.3) is 0 Å². The molecule has 1 heterocycles. The molecular formula is C12H15F2NS2. The van der Waals surface area contributed by atoms with Gasteiger partial charge in [0.25, 0.3) is 0 Å². The Balaban J connectivity index is 2.24. The molecule has 0 amide bonds. The minimum Gasteiger partial charge on any atom is -0.323 e. The van der Waals surface area contributed by atoms with E-state index >= 15 is 0 Å². The summed E-state index contributed by atoms with van der Waals surface area (Å²) in [5.41, 5.74) is 6.67. The van der Waals surface area contributed by atoms with E-state index in [1.165, 1.54) is 0 Å². The van der Waals surface area contributed by atoms with E-state index in [4.69, 9.17) is 5.73 Å². The van der Waals surface area contributed by atoms with Gasteiger partial charge in [-0.3, -0.25) is 0 Å². The van der Waals surface area contributed by atoms with Gasteiger partial charge in [0.1, 0.15) is 0 Å². The number of halogens is 2. The van der Waals surface area contributed by atoms with Crippen LogP contribution in [-0.2, 0) is 0 Å². The SMILES string of the molecule is Cc1ccc(C(N)C2CSCCS2)c(F)c1F. The fraction of sp³-hybridized carbons (Fsp3) is 0.500. The van der Waals surface area contributed by atoms with E-state index in [-0.39, 0.29) is 5.25 Å². The smallest absolute Gasteiger partial charge is 0.163 e. The van der Waals surface area contributed by atoms with E-state index in [1.54, 1.807) is 30.8 Å². The van der Waals surface area contributed by atoms with Crippen LogP contribution in [-0.4, -0.2) is 22.5 Å². The van der Waals surface area contributed by atoms with Crippen molar-refractivity contribution < 1.29 is 8.78 Å². The maximum Gasteiger partial charge on any atom is 0.163 e. The molecule has 1 saturated heterocycles. The van der Waals surface area contributed by atoms with Crippen LogP contribution in [0.4, 0.5) is 8.78 Å². The van der Waals surface area contributed by atoms with Crippen LogP contribution in [0.1, 0.15) is 17.2 Å². The lowest BCUT2D eigenvalue weighted by atomic mass is 10.0. The Bertz CT molecular complexity index is 406. The van der Waals surface area contributed by atoms with Crippen LogP contribution >= 0.6 is 23.5 Å². The van der Waals surface area contributed by atoms with Crippen molar-refractivity contribution in [3.05, 3.63) is 34.9 Å². The minimum atomic E-state index is -0.784. The number of benzene rings is 1. The van der Waals surface area contributed by atoms with Crippen molar-refractivity contribution in [2.24, 2.45) is 5.73 Å². The molecule has 0 saturated carbocycles. The van der Waals surface area contributed by atoms with Gasteiger partial charge in [-0.25, -0.2) is 8.78 Å². The van der Waals surface area contributed by atoms with Gasteiger partial charge in [-0.05, 0) is 12.5 Å². The van der Waals surface area contributed by atoms with Crippen molar-refractivity contribution in [3.63, 3.8) is 0 Å². The zero-order chi connectivity index (χ0) is 12.4. The molecule has 1 nitrogen and oxygen atoms in total. The molecule has 2 atom stereocenters. The van der Waals surface area contributed by atoms with Crippen molar-refractivity contribution in [2.75, 3.05) is 17.3 Å². The highest BCUT2D eigenvalue weighted by molar-refractivity contribution is 8.06. The van der Waals surface area contributed by atoms with Gasteiger partial charge in [-0.2, -0.15) is 23.5 Å². The number of thioether (sulfide) groups is 2. The lowest BCUT2D eigenvalue weighted by Crippen LogP contribution is -2.29. The number of aryl methyl sites for hydroxylation is 1. The molecular weight excluding hydrogens is 260 g/mol. The monoisotopic (exact) mass is 275 g/mol. The van der Waals surface area contributed by atoms with Crippen molar-refractivity contribution in [2.45, 2.75) is 18.2 Å². The van der Waals surface area contributed by atoms with Crippen molar-refractivity contribution >= 4 is 23.5 Å². The number of nitrogens with two attached hydrogens (primary N) is 1. The summed E-state index contributed by atoms with van der Waals surface area (Å²) in [4.78, 5) is 0. The number of hydrogen-bond donors (Lipinski definition) is 1. The number of hydrogen-bond acceptors (Lipinski definition) is 3. The van der Waals surface area contributed by atoms with Gasteiger partial charge >= 0.3 is 0 Å². The molecule has 1 aliphatic rings. The summed E-state index contributed by atoms with van der Waals surface area (Å²) in [6.45, 7) is 1.55. The summed E-state index contributed by atoms with van der Waals surface area (Å²) in [6, 6.07) is 2.77. The molecule has 1 aromatic rings. The van der Waals surface area contributed by atoms with Crippen LogP contribution in [0.3, 0.4) is 0 Å². The van der Waals surface area contributed by atoms with Gasteiger partial charge in [0.05, 0.1) is 0 Å². The molecule has 2 rings (SSSR count). The molecule has 0 aromatic heterocycles. The van der Waals surface area contributed by atoms with E-state index in [0.29, 0.717) is 11.1 Å². The molecule has 94 valence electrons. The Morgan fingerprint density at radius 3 is 2.71 bits per heavy atom. The molecule has 0 aliphatic carbocycles. The van der Waals surface area contributed by atoms with Crippen LogP contribution in [0.2, 0.25) is 0 Å². The van der Waals surface area contributed by atoms with Gasteiger partial charge in [0.15, 0.2) is 11.6 Å². The summed E-state index contributed by atoms with van der Waals surface area (Å²) >= 11 is 3.57. The highest BCUT2D eigenvalue weighted by atomic mass is 32.2. The third-order valence-corrected chi connectivity index (χ3v) is 5.79. The summed E-state index contributed by atoms with van der Waals surface area (Å²) in [6.07, 6.45) is 0. The maximum atomic E-state index is 13.8. The van der Waals surface area contributed by atoms with Crippen LogP contribution < -0.4 is 5.73 Å². The summed E-state index contributed by atoms with van der Waals surface area (Å²) in [5, 5.41) is 0.172. The zero-order valence-corrected chi connectivity index (χ0v) is 11.2. The molecule has 2 unspecified atom stereocenters. The minimum absolute atomic E-state index is 0.172. The Kier molecular flexibility index (Phi) is 4.33. The van der Waals surface area contributed by atoms with E-state index < -0.39 is 17.7 Å². The fourth-order valence-electron chi connectivity index (χ4n) is 1.83. The predicted octanol–water partition coefficient (Wildman–Crippen LogP) is 3.12. The molecule has 5 heteroatoms. The first kappa shape index (κ1) is 13.2. The normalized spacial score (nSPS) is 22.5. The van der Waals surface area contributed by atoms with Gasteiger partial charge in [0, 0.05) is 34.1 Å². The van der Waals surface area contributed by atoms with Gasteiger partial charge in [0.2, 0.25) is 0 Å². The Morgan fingerprint density at radius 2 is 2.06 bits per heavy atom. The second-order valence-electron chi connectivity index (χ2n) is 4.11. The lowest BCUT2D eigenvalue weighted by Gasteiger charge is -2.27. The van der Waals surface area contributed by atoms with Crippen LogP contribution in [0.5, 0.6) is 0 Å². The average molecular weight is 275 g/mol. The topological polar surface area (TPSA) is 26.0 Å². The van der Waals surface area contributed by atoms with Gasteiger partial charge in [-0.1, -0.05) is 12.1 Å². The first-order valence-electron chi connectivity index (χ1n) is 5.50. The first-order valence-corrected chi connectivity index (χ1v) is 7.71. The Hall–Kier alpha value is -0.260. The third kappa shape index (κ3) is 2.77. The second kappa shape index (κ2) is 5.59. The van der Waals surface area contributed by atoms with Gasteiger partial charge < -0.3 is 5.73 Å². The predicted molar refractivity (Wildman–Crippen MR) is 71.6 cm³/mol. The molecule has 0 spiro atoms. The van der Waals surface area contributed by atoms with Crippen LogP contribution in [0, 0.1) is 18.6 Å². The maximum absolute atomic E-state index is 13.8. The Morgan fingerprint density at radius 1 is 1.29 bits per heavy atom. The summed E-state index contributed by atoms with van der Waals surface area (Å²) in [7, 11) is 0. The van der Waals surface area contributed by atoms with E-state index in [9.17, 15) is 8.78 Å². The van der Waals surface area contributed by atoms with E-state index in [1.807, 2.05) is 11.8 Å². The first-order chi connectivity index (χ1) is 8.11. The lowest BCUT2D eigenvalue weighted by molar-refractivity contribution is 0.483. The molecule has 2 N–H and O–H groups in total. The van der Waals surface area contributed by atoms with E-state index in [2.05, 4.69) is 0 Å². The molecule has 1 aliphatic heterocycles. The fourth-order valence-corrected chi connectivity index (χ4v) is 4.62. The molecule has 1 aromatic carbocycles. The van der Waals surface area contributed by atoms with Crippen molar-refractivity contribution in [1.82, 2.24) is 0 Å². The van der Waals surface area contributed by atoms with Gasteiger partial charge in [-0.15, -0.1) is 0 Å². The Labute approximate surface area is 109 Å². The standard InChI is InChI=1S/C12H15F2NS2/c1-7-2-3-8(11(14)10(7)13)12(15)9-6-16-4-5-17-9/h2-3,9,12H,4-6,15H2,1H3. The molecule has 0 bridgehead atoms. The van der Waals surface area contributed by atoms with E-state index in [0.717, 1.165) is 17.3 Å². The largest absolute Gasteiger partial charge is 0.323 e. The zero-order valence-electron chi connectivity index (χ0n) is 9.58.